The van der Waals surface area contributed by atoms with E-state index in [4.69, 9.17) is 19.2 Å². The van der Waals surface area contributed by atoms with Crippen molar-refractivity contribution in [2.75, 3.05) is 51.9 Å². The van der Waals surface area contributed by atoms with E-state index in [1.807, 2.05) is 49.4 Å². The number of aromatic nitrogens is 3. The van der Waals surface area contributed by atoms with Crippen LogP contribution < -0.4 is 14.8 Å². The Hall–Kier alpha value is -3.62. The minimum atomic E-state index is 0.631. The molecule has 0 radical (unpaired) electrons. The Morgan fingerprint density at radius 1 is 1.03 bits per heavy atom. The van der Waals surface area contributed by atoms with Gasteiger partial charge >= 0.3 is 0 Å². The van der Waals surface area contributed by atoms with Gasteiger partial charge in [0.1, 0.15) is 23.9 Å². The largest absolute Gasteiger partial charge is 0.496 e. The summed E-state index contributed by atoms with van der Waals surface area (Å²) < 4.78 is 17.2. The lowest BCUT2D eigenvalue weighted by molar-refractivity contribution is 0.0322. The van der Waals surface area contributed by atoms with E-state index in [0.29, 0.717) is 18.2 Å². The van der Waals surface area contributed by atoms with Gasteiger partial charge in [-0.1, -0.05) is 24.3 Å². The molecular weight excluding hydrogens is 430 g/mol. The molecular formula is C26H29N5O3. The number of anilines is 2. The molecule has 1 saturated heterocycles. The van der Waals surface area contributed by atoms with Crippen LogP contribution in [0.15, 0.2) is 54.6 Å². The predicted molar refractivity (Wildman–Crippen MR) is 133 cm³/mol. The first-order chi connectivity index (χ1) is 16.7. The number of fused-ring (bicyclic) bond motifs is 1. The van der Waals surface area contributed by atoms with Gasteiger partial charge in [-0.05, 0) is 31.2 Å². The van der Waals surface area contributed by atoms with Crippen LogP contribution in [-0.4, -0.2) is 66.6 Å². The monoisotopic (exact) mass is 459 g/mol. The highest BCUT2D eigenvalue weighted by Crippen LogP contribution is 2.36. The summed E-state index contributed by atoms with van der Waals surface area (Å²) in [5.74, 6) is 3.02. The topological polar surface area (TPSA) is 84.5 Å². The highest BCUT2D eigenvalue weighted by Gasteiger charge is 2.14. The first-order valence-corrected chi connectivity index (χ1v) is 11.5. The van der Waals surface area contributed by atoms with Crippen LogP contribution >= 0.6 is 0 Å². The summed E-state index contributed by atoms with van der Waals surface area (Å²) >= 11 is 0. The van der Waals surface area contributed by atoms with Gasteiger partial charge in [0.25, 0.3) is 0 Å². The highest BCUT2D eigenvalue weighted by atomic mass is 16.5. The average Bonchev–Trinajstić information content (AvgIpc) is 3.28. The zero-order valence-corrected chi connectivity index (χ0v) is 19.5. The molecule has 2 aromatic carbocycles. The number of nitrogens with zero attached hydrogens (tertiary/aromatic N) is 3. The van der Waals surface area contributed by atoms with Crippen molar-refractivity contribution in [2.45, 2.75) is 6.92 Å². The molecule has 1 aliphatic rings. The van der Waals surface area contributed by atoms with Crippen molar-refractivity contribution in [1.29, 1.82) is 0 Å². The van der Waals surface area contributed by atoms with Crippen LogP contribution in [0, 0.1) is 6.92 Å². The fraction of sp³-hybridized carbons (Fsp3) is 0.308. The zero-order chi connectivity index (χ0) is 23.3. The molecule has 0 aliphatic carbocycles. The third kappa shape index (κ3) is 4.98. The van der Waals surface area contributed by atoms with E-state index in [9.17, 15) is 0 Å². The number of hydrogen-bond acceptors (Lipinski definition) is 7. The maximum Gasteiger partial charge on any atom is 0.153 e. The van der Waals surface area contributed by atoms with Crippen molar-refractivity contribution in [3.8, 4) is 22.8 Å². The molecule has 2 N–H and O–H groups in total. The van der Waals surface area contributed by atoms with Gasteiger partial charge in [0.2, 0.25) is 0 Å². The minimum Gasteiger partial charge on any atom is -0.496 e. The van der Waals surface area contributed by atoms with Crippen LogP contribution in [0.25, 0.3) is 22.0 Å². The summed E-state index contributed by atoms with van der Waals surface area (Å²) in [6.07, 6.45) is 0. The number of pyridine rings is 1. The summed E-state index contributed by atoms with van der Waals surface area (Å²) in [4.78, 5) is 7.31. The molecule has 1 fully saturated rings. The van der Waals surface area contributed by atoms with E-state index in [1.165, 1.54) is 0 Å². The van der Waals surface area contributed by atoms with E-state index in [1.54, 1.807) is 7.11 Å². The number of methoxy groups -OCH3 is 1. The molecule has 0 amide bonds. The normalized spacial score (nSPS) is 14.3. The van der Waals surface area contributed by atoms with Crippen molar-refractivity contribution in [3.63, 3.8) is 0 Å². The molecule has 34 heavy (non-hydrogen) atoms. The van der Waals surface area contributed by atoms with Gasteiger partial charge in [-0.15, -0.1) is 0 Å². The van der Waals surface area contributed by atoms with Crippen molar-refractivity contribution in [2.24, 2.45) is 0 Å². The van der Waals surface area contributed by atoms with Crippen LogP contribution in [-0.2, 0) is 4.74 Å². The Morgan fingerprint density at radius 3 is 2.68 bits per heavy atom. The third-order valence-corrected chi connectivity index (χ3v) is 5.90. The van der Waals surface area contributed by atoms with Gasteiger partial charge in [0, 0.05) is 47.7 Å². The number of aryl methyl sites for hydroxylation is 1. The van der Waals surface area contributed by atoms with Crippen LogP contribution in [0.5, 0.6) is 11.5 Å². The Bertz CT molecular complexity index is 1270. The first kappa shape index (κ1) is 22.2. The van der Waals surface area contributed by atoms with Crippen LogP contribution in [0.4, 0.5) is 11.6 Å². The smallest absolute Gasteiger partial charge is 0.153 e. The first-order valence-electron chi connectivity index (χ1n) is 11.5. The number of benzene rings is 2. The van der Waals surface area contributed by atoms with Gasteiger partial charge in [-0.25, -0.2) is 4.98 Å². The van der Waals surface area contributed by atoms with Crippen molar-refractivity contribution < 1.29 is 14.2 Å². The standard InChI is InChI=1S/C26H29N5O3/c1-18-15-25(30-29-18)27-24-17-22-21(7-4-8-23(22)32-2)26(28-24)19-5-3-6-20(16-19)34-14-11-31-9-12-33-13-10-31/h3-8,15-17H,9-14H2,1-2H3,(H2,27,28,29,30). The third-order valence-electron chi connectivity index (χ3n) is 5.90. The second kappa shape index (κ2) is 10.1. The molecule has 0 spiro atoms. The molecule has 5 rings (SSSR count). The molecule has 8 heteroatoms. The second-order valence-corrected chi connectivity index (χ2v) is 8.30. The Balaban J connectivity index is 1.45. The molecule has 176 valence electrons. The second-order valence-electron chi connectivity index (χ2n) is 8.30. The number of ether oxygens (including phenoxy) is 3. The van der Waals surface area contributed by atoms with Crippen molar-refractivity contribution in [3.05, 3.63) is 60.3 Å². The Kier molecular flexibility index (Phi) is 6.60. The minimum absolute atomic E-state index is 0.631. The SMILES string of the molecule is COc1cccc2c(-c3cccc(OCCN4CCOCC4)c3)nc(Nc3cc(C)[nH]n3)cc12. The number of aromatic amines is 1. The molecule has 0 bridgehead atoms. The summed E-state index contributed by atoms with van der Waals surface area (Å²) in [6.45, 7) is 6.97. The molecule has 0 atom stereocenters. The number of hydrogen-bond donors (Lipinski definition) is 2. The quantitative estimate of drug-likeness (QED) is 0.404. The summed E-state index contributed by atoms with van der Waals surface area (Å²) in [5, 5.41) is 12.5. The molecule has 0 unspecified atom stereocenters. The van der Waals surface area contributed by atoms with Crippen LogP contribution in [0.2, 0.25) is 0 Å². The van der Waals surface area contributed by atoms with Crippen molar-refractivity contribution in [1.82, 2.24) is 20.1 Å². The van der Waals surface area contributed by atoms with Gasteiger partial charge < -0.3 is 19.5 Å². The molecule has 4 aromatic rings. The average molecular weight is 460 g/mol. The molecule has 3 heterocycles. The van der Waals surface area contributed by atoms with E-state index < -0.39 is 0 Å². The lowest BCUT2D eigenvalue weighted by Crippen LogP contribution is -2.38. The number of morpholine rings is 1. The summed E-state index contributed by atoms with van der Waals surface area (Å²) in [5.41, 5.74) is 2.80. The van der Waals surface area contributed by atoms with E-state index in [0.717, 1.165) is 72.1 Å². The number of H-pyrrole nitrogens is 1. The van der Waals surface area contributed by atoms with Crippen LogP contribution in [0.1, 0.15) is 5.69 Å². The Morgan fingerprint density at radius 2 is 1.88 bits per heavy atom. The van der Waals surface area contributed by atoms with E-state index >= 15 is 0 Å². The fourth-order valence-corrected chi connectivity index (χ4v) is 4.17. The van der Waals surface area contributed by atoms with Gasteiger partial charge in [0.05, 0.1) is 26.0 Å². The zero-order valence-electron chi connectivity index (χ0n) is 19.5. The van der Waals surface area contributed by atoms with Crippen LogP contribution in [0.3, 0.4) is 0 Å². The lowest BCUT2D eigenvalue weighted by Gasteiger charge is -2.26. The van der Waals surface area contributed by atoms with Gasteiger partial charge in [-0.2, -0.15) is 5.10 Å². The maximum absolute atomic E-state index is 6.09. The molecule has 1 aliphatic heterocycles. The molecule has 0 saturated carbocycles. The van der Waals surface area contributed by atoms with Gasteiger partial charge in [-0.3, -0.25) is 10.00 Å². The fourth-order valence-electron chi connectivity index (χ4n) is 4.17. The molecule has 2 aromatic heterocycles. The highest BCUT2D eigenvalue weighted by molar-refractivity contribution is 6.00. The Labute approximate surface area is 198 Å². The number of nitrogens with one attached hydrogen (secondary N) is 2. The molecule has 8 nitrogen and oxygen atoms in total. The van der Waals surface area contributed by atoms with Crippen molar-refractivity contribution >= 4 is 22.4 Å². The summed E-state index contributed by atoms with van der Waals surface area (Å²) in [7, 11) is 1.68. The number of rotatable bonds is 8. The predicted octanol–water partition coefficient (Wildman–Crippen LogP) is 4.40. The van der Waals surface area contributed by atoms with Gasteiger partial charge in [0.15, 0.2) is 5.82 Å². The van der Waals surface area contributed by atoms with E-state index in [2.05, 4.69) is 32.5 Å². The van der Waals surface area contributed by atoms with E-state index in [-0.39, 0.29) is 0 Å². The lowest BCUT2D eigenvalue weighted by atomic mass is 10.0. The maximum atomic E-state index is 6.09. The summed E-state index contributed by atoms with van der Waals surface area (Å²) in [6, 6.07) is 18.0.